The van der Waals surface area contributed by atoms with E-state index in [1.807, 2.05) is 23.3 Å². The molecule has 1 N–H and O–H groups in total. The van der Waals surface area contributed by atoms with Crippen molar-refractivity contribution in [2.45, 2.75) is 42.0 Å². The van der Waals surface area contributed by atoms with Gasteiger partial charge in [0.05, 0.1) is 22.9 Å². The number of hydrogen-bond acceptors (Lipinski definition) is 7. The van der Waals surface area contributed by atoms with Crippen molar-refractivity contribution in [2.75, 3.05) is 24.7 Å². The van der Waals surface area contributed by atoms with Crippen molar-refractivity contribution in [2.24, 2.45) is 0 Å². The maximum atomic E-state index is 13.6. The number of aromatic nitrogens is 1. The van der Waals surface area contributed by atoms with E-state index in [0.29, 0.717) is 17.1 Å². The molecule has 1 aliphatic heterocycles. The number of benzene rings is 1. The van der Waals surface area contributed by atoms with Crippen LogP contribution in [0.2, 0.25) is 0 Å². The van der Waals surface area contributed by atoms with E-state index in [2.05, 4.69) is 11.9 Å². The lowest BCUT2D eigenvalue weighted by Gasteiger charge is -2.29. The number of sulfonamides is 1. The largest absolute Gasteiger partial charge is 0.478 e. The number of ether oxygens (including phenoxy) is 1. The Bertz CT molecular complexity index is 1090. The highest BCUT2D eigenvalue weighted by Crippen LogP contribution is 2.43. The van der Waals surface area contributed by atoms with Gasteiger partial charge in [0.1, 0.15) is 10.6 Å². The molecule has 1 aromatic carbocycles. The first kappa shape index (κ1) is 24.1. The summed E-state index contributed by atoms with van der Waals surface area (Å²) in [7, 11) is -2.21. The summed E-state index contributed by atoms with van der Waals surface area (Å²) in [6, 6.07) is 6.77. The van der Waals surface area contributed by atoms with E-state index in [1.54, 1.807) is 25.5 Å². The van der Waals surface area contributed by atoms with Gasteiger partial charge < -0.3 is 14.7 Å². The van der Waals surface area contributed by atoms with Crippen LogP contribution in [0.3, 0.4) is 0 Å². The van der Waals surface area contributed by atoms with E-state index in [-0.39, 0.29) is 16.7 Å². The smallest absolute Gasteiger partial charge is 0.331 e. The molecule has 32 heavy (non-hydrogen) atoms. The summed E-state index contributed by atoms with van der Waals surface area (Å²) in [4.78, 5) is 17.7. The molecular weight excluding hydrogens is 450 g/mol. The van der Waals surface area contributed by atoms with E-state index in [1.165, 1.54) is 22.1 Å². The first-order valence-corrected chi connectivity index (χ1v) is 12.9. The van der Waals surface area contributed by atoms with Crippen LogP contribution in [0.5, 0.6) is 5.75 Å². The molecule has 0 bridgehead atoms. The molecule has 172 valence electrons. The van der Waals surface area contributed by atoms with Gasteiger partial charge in [-0.25, -0.2) is 13.2 Å². The Balaban J connectivity index is 2.20. The molecule has 3 rings (SSSR count). The maximum Gasteiger partial charge on any atom is 0.331 e. The molecule has 1 aliphatic rings. The molecule has 0 fully saturated rings. The molecule has 0 radical (unpaired) electrons. The molecule has 0 spiro atoms. The zero-order valence-electron chi connectivity index (χ0n) is 18.3. The second kappa shape index (κ2) is 10.4. The van der Waals surface area contributed by atoms with Crippen molar-refractivity contribution in [1.29, 1.82) is 0 Å². The zero-order chi connectivity index (χ0) is 23.3. The normalized spacial score (nSPS) is 18.3. The number of nitrogens with zero attached hydrogens (tertiary/aromatic N) is 3. The van der Waals surface area contributed by atoms with Gasteiger partial charge in [-0.3, -0.25) is 4.98 Å². The second-order valence-electron chi connectivity index (χ2n) is 7.36. The monoisotopic (exact) mass is 477 g/mol. The Morgan fingerprint density at radius 2 is 2.06 bits per heavy atom. The third-order valence-corrected chi connectivity index (χ3v) is 8.07. The van der Waals surface area contributed by atoms with Crippen molar-refractivity contribution >= 4 is 39.1 Å². The van der Waals surface area contributed by atoms with Crippen LogP contribution in [0.1, 0.15) is 26.2 Å². The zero-order valence-corrected chi connectivity index (χ0v) is 19.9. The molecule has 0 aliphatic carbocycles. The summed E-state index contributed by atoms with van der Waals surface area (Å²) in [5.74, 6) is -0.868. The average molecular weight is 478 g/mol. The minimum absolute atomic E-state index is 0.118. The Hall–Kier alpha value is -2.56. The molecule has 0 amide bonds. The molecular formula is C22H27N3O5S2. The Morgan fingerprint density at radius 3 is 2.69 bits per heavy atom. The Labute approximate surface area is 192 Å². The lowest BCUT2D eigenvalue weighted by Crippen LogP contribution is -2.40. The number of carbonyl (C=O) groups is 1. The number of hydrogen-bond donors (Lipinski definition) is 1. The van der Waals surface area contributed by atoms with Crippen LogP contribution in [0, 0.1) is 0 Å². The van der Waals surface area contributed by atoms with Gasteiger partial charge in [0.25, 0.3) is 0 Å². The number of likely N-dealkylation sites (N-methyl/N-ethyl adjacent to an activating group) is 1. The maximum absolute atomic E-state index is 13.6. The van der Waals surface area contributed by atoms with Crippen LogP contribution >= 0.6 is 11.8 Å². The van der Waals surface area contributed by atoms with Gasteiger partial charge in [0.2, 0.25) is 10.0 Å². The number of carboxylic acids is 1. The highest BCUT2D eigenvalue weighted by atomic mass is 32.2. The minimum Gasteiger partial charge on any atom is -0.478 e. The average Bonchev–Trinajstić information content (AvgIpc) is 2.86. The third-order valence-electron chi connectivity index (χ3n) is 5.37. The quantitative estimate of drug-likeness (QED) is 0.344. The molecule has 1 atom stereocenters. The summed E-state index contributed by atoms with van der Waals surface area (Å²) in [5, 5.41) is 8.84. The molecule has 8 nitrogen and oxygen atoms in total. The molecule has 1 aromatic heterocycles. The van der Waals surface area contributed by atoms with Crippen LogP contribution < -0.4 is 9.64 Å². The number of aliphatic carboxylic acids is 1. The van der Waals surface area contributed by atoms with E-state index in [0.717, 1.165) is 37.3 Å². The first-order valence-electron chi connectivity index (χ1n) is 10.2. The van der Waals surface area contributed by atoms with Gasteiger partial charge in [0, 0.05) is 43.8 Å². The number of fused-ring (bicyclic) bond motifs is 1. The van der Waals surface area contributed by atoms with Crippen LogP contribution in [-0.2, 0) is 14.8 Å². The van der Waals surface area contributed by atoms with Crippen LogP contribution in [0.4, 0.5) is 11.4 Å². The fraction of sp³-hybridized carbons (Fsp3) is 0.364. The topological polar surface area (TPSA) is 100 Å². The van der Waals surface area contributed by atoms with Gasteiger partial charge in [-0.05, 0) is 30.9 Å². The summed E-state index contributed by atoms with van der Waals surface area (Å²) in [6.07, 6.45) is 9.75. The standard InChI is InChI=1S/C22H27N3O5S2/c1-4-5-6-17-15-25(16-7-10-23-11-8-16)18-13-20(31-3)19(30-12-9-22(26)27)14-21(18)32(28,29)24(17)2/h7-14,17H,4-6,15H2,1-3H3,(H,26,27)/b12-9+. The minimum atomic E-state index is -3.82. The van der Waals surface area contributed by atoms with Gasteiger partial charge in [-0.1, -0.05) is 19.8 Å². The van der Waals surface area contributed by atoms with E-state index in [4.69, 9.17) is 9.84 Å². The fourth-order valence-electron chi connectivity index (χ4n) is 3.62. The van der Waals surface area contributed by atoms with Crippen molar-refractivity contribution in [1.82, 2.24) is 9.29 Å². The van der Waals surface area contributed by atoms with E-state index in [9.17, 15) is 13.2 Å². The Morgan fingerprint density at radius 1 is 1.34 bits per heavy atom. The van der Waals surface area contributed by atoms with Gasteiger partial charge >= 0.3 is 5.97 Å². The summed E-state index contributed by atoms with van der Waals surface area (Å²) < 4.78 is 34.2. The molecule has 10 heteroatoms. The number of carboxylic acid groups (broad SMARTS) is 1. The lowest BCUT2D eigenvalue weighted by molar-refractivity contribution is -0.131. The number of thioether (sulfide) groups is 1. The number of unbranched alkanes of at least 4 members (excludes halogenated alkanes) is 1. The number of pyridine rings is 1. The van der Waals surface area contributed by atoms with Crippen LogP contribution in [0.15, 0.2) is 58.8 Å². The van der Waals surface area contributed by atoms with E-state index >= 15 is 0 Å². The molecule has 0 saturated carbocycles. The SMILES string of the molecule is CCCCC1CN(c2ccncc2)c2cc(SC)c(O/C=C/C(=O)O)cc2S(=O)(=O)N1C. The second-order valence-corrected chi connectivity index (χ2v) is 10.2. The molecule has 0 saturated heterocycles. The predicted octanol–water partition coefficient (Wildman–Crippen LogP) is 4.11. The van der Waals surface area contributed by atoms with E-state index < -0.39 is 16.0 Å². The number of rotatable bonds is 8. The fourth-order valence-corrected chi connectivity index (χ4v) is 5.72. The molecule has 1 unspecified atom stereocenters. The first-order chi connectivity index (χ1) is 15.3. The summed E-state index contributed by atoms with van der Waals surface area (Å²) in [5.41, 5.74) is 1.40. The Kier molecular flexibility index (Phi) is 7.81. The molecule has 2 aromatic rings. The highest BCUT2D eigenvalue weighted by Gasteiger charge is 2.37. The van der Waals surface area contributed by atoms with Crippen molar-refractivity contribution in [3.63, 3.8) is 0 Å². The number of anilines is 2. The lowest BCUT2D eigenvalue weighted by atomic mass is 10.1. The van der Waals surface area contributed by atoms with Gasteiger partial charge in [0.15, 0.2) is 0 Å². The molecule has 2 heterocycles. The highest BCUT2D eigenvalue weighted by molar-refractivity contribution is 7.98. The third kappa shape index (κ3) is 5.08. The van der Waals surface area contributed by atoms with Crippen molar-refractivity contribution in [3.8, 4) is 5.75 Å². The van der Waals surface area contributed by atoms with Gasteiger partial charge in [-0.15, -0.1) is 11.8 Å². The van der Waals surface area contributed by atoms with Gasteiger partial charge in [-0.2, -0.15) is 4.31 Å². The summed E-state index contributed by atoms with van der Waals surface area (Å²) >= 11 is 1.39. The predicted molar refractivity (Wildman–Crippen MR) is 125 cm³/mol. The van der Waals surface area contributed by atoms with Crippen molar-refractivity contribution < 1.29 is 23.1 Å². The van der Waals surface area contributed by atoms with Crippen LogP contribution in [-0.4, -0.2) is 54.7 Å². The van der Waals surface area contributed by atoms with Crippen LogP contribution in [0.25, 0.3) is 0 Å². The van der Waals surface area contributed by atoms with Crippen molar-refractivity contribution in [3.05, 3.63) is 49.0 Å². The summed E-state index contributed by atoms with van der Waals surface area (Å²) in [6.45, 7) is 2.58.